The summed E-state index contributed by atoms with van der Waals surface area (Å²) in [7, 11) is 0. The second-order valence-corrected chi connectivity index (χ2v) is 7.62. The highest BCUT2D eigenvalue weighted by molar-refractivity contribution is 7.18. The summed E-state index contributed by atoms with van der Waals surface area (Å²) in [5.41, 5.74) is 3.19. The molecule has 0 bridgehead atoms. The van der Waals surface area contributed by atoms with Crippen LogP contribution in [0.2, 0.25) is 0 Å². The first kappa shape index (κ1) is 16.8. The van der Waals surface area contributed by atoms with Crippen molar-refractivity contribution in [3.8, 4) is 5.75 Å². The second kappa shape index (κ2) is 6.57. The molecule has 1 aliphatic heterocycles. The number of aromatic nitrogens is 2. The van der Waals surface area contributed by atoms with Crippen molar-refractivity contribution in [2.75, 3.05) is 6.61 Å². The van der Waals surface area contributed by atoms with E-state index in [1.165, 1.54) is 0 Å². The molecule has 5 heteroatoms. The molecule has 4 rings (SSSR count). The van der Waals surface area contributed by atoms with Crippen LogP contribution in [0, 0.1) is 13.8 Å². The summed E-state index contributed by atoms with van der Waals surface area (Å²) in [4.78, 5) is 19.7. The lowest BCUT2D eigenvalue weighted by atomic mass is 10.1. The van der Waals surface area contributed by atoms with Crippen LogP contribution in [0.1, 0.15) is 28.2 Å². The maximum atomic E-state index is 12.9. The van der Waals surface area contributed by atoms with Gasteiger partial charge in [0.15, 0.2) is 0 Å². The fourth-order valence-corrected chi connectivity index (χ4v) is 4.35. The number of aryl methyl sites for hydroxylation is 2. The van der Waals surface area contributed by atoms with Crippen LogP contribution in [0.25, 0.3) is 21.9 Å². The molecule has 4 nitrogen and oxygen atoms in total. The fraction of sp³-hybridized carbons (Fsp3) is 0.238. The van der Waals surface area contributed by atoms with E-state index in [-0.39, 0.29) is 5.56 Å². The number of para-hydroxylation sites is 1. The zero-order chi connectivity index (χ0) is 18.3. The van der Waals surface area contributed by atoms with Crippen molar-refractivity contribution in [2.45, 2.75) is 26.8 Å². The Hall–Kier alpha value is -2.66. The summed E-state index contributed by atoms with van der Waals surface area (Å²) in [6.07, 6.45) is 4.62. The standard InChI is InChI=1S/C21H20N2O2S/c1-4-11-25-17-8-6-5-7-15(17)12-16-9-10-23-19(16)22-20-18(21(23)24)13(2)14(3)26-20/h4-8,12H,1,9-11H2,2-3H3/b16-12-. The molecule has 0 saturated heterocycles. The Labute approximate surface area is 156 Å². The fourth-order valence-electron chi connectivity index (χ4n) is 3.33. The minimum absolute atomic E-state index is 0.0754. The molecule has 0 spiro atoms. The topological polar surface area (TPSA) is 44.1 Å². The second-order valence-electron chi connectivity index (χ2n) is 6.41. The lowest BCUT2D eigenvalue weighted by Gasteiger charge is -2.08. The van der Waals surface area contributed by atoms with Gasteiger partial charge in [-0.25, -0.2) is 4.98 Å². The number of nitrogens with zero attached hydrogens (tertiary/aromatic N) is 2. The summed E-state index contributed by atoms with van der Waals surface area (Å²) < 4.78 is 7.55. The van der Waals surface area contributed by atoms with Crippen molar-refractivity contribution < 1.29 is 4.74 Å². The smallest absolute Gasteiger partial charge is 0.262 e. The Balaban J connectivity index is 1.84. The number of hydrogen-bond donors (Lipinski definition) is 0. The first-order valence-electron chi connectivity index (χ1n) is 8.64. The van der Waals surface area contributed by atoms with Crippen LogP contribution in [-0.4, -0.2) is 16.2 Å². The van der Waals surface area contributed by atoms with Crippen molar-refractivity contribution >= 4 is 33.2 Å². The van der Waals surface area contributed by atoms with E-state index in [1.807, 2.05) is 38.1 Å². The molecule has 0 atom stereocenters. The Kier molecular flexibility index (Phi) is 4.24. The van der Waals surface area contributed by atoms with Crippen LogP contribution >= 0.6 is 11.3 Å². The predicted octanol–water partition coefficient (Wildman–Crippen LogP) is 4.58. The molecular formula is C21H20N2O2S. The van der Waals surface area contributed by atoms with E-state index in [9.17, 15) is 4.79 Å². The van der Waals surface area contributed by atoms with Crippen LogP contribution < -0.4 is 10.3 Å². The third-order valence-electron chi connectivity index (χ3n) is 4.79. The lowest BCUT2D eigenvalue weighted by Crippen LogP contribution is -2.20. The Bertz CT molecular complexity index is 1110. The number of thiophene rings is 1. The molecule has 132 valence electrons. The Morgan fingerprint density at radius 2 is 2.15 bits per heavy atom. The van der Waals surface area contributed by atoms with E-state index in [2.05, 4.69) is 12.7 Å². The van der Waals surface area contributed by atoms with E-state index < -0.39 is 0 Å². The molecule has 2 aromatic heterocycles. The van der Waals surface area contributed by atoms with Crippen molar-refractivity contribution in [3.63, 3.8) is 0 Å². The van der Waals surface area contributed by atoms with Crippen LogP contribution in [0.4, 0.5) is 0 Å². The molecule has 3 aromatic rings. The molecule has 3 heterocycles. The zero-order valence-corrected chi connectivity index (χ0v) is 15.7. The van der Waals surface area contributed by atoms with Crippen molar-refractivity contribution in [2.24, 2.45) is 0 Å². The van der Waals surface area contributed by atoms with E-state index in [1.54, 1.807) is 22.0 Å². The van der Waals surface area contributed by atoms with Gasteiger partial charge in [0, 0.05) is 17.0 Å². The molecule has 1 aromatic carbocycles. The van der Waals surface area contributed by atoms with Gasteiger partial charge in [-0.15, -0.1) is 11.3 Å². The summed E-state index contributed by atoms with van der Waals surface area (Å²) >= 11 is 1.59. The Morgan fingerprint density at radius 1 is 1.35 bits per heavy atom. The summed E-state index contributed by atoms with van der Waals surface area (Å²) in [6.45, 7) is 8.88. The van der Waals surface area contributed by atoms with Crippen molar-refractivity contribution in [1.29, 1.82) is 0 Å². The quantitative estimate of drug-likeness (QED) is 0.636. The highest BCUT2D eigenvalue weighted by Gasteiger charge is 2.23. The van der Waals surface area contributed by atoms with Crippen molar-refractivity contribution in [3.05, 3.63) is 69.1 Å². The van der Waals surface area contributed by atoms with Gasteiger partial charge >= 0.3 is 0 Å². The minimum atomic E-state index is 0.0754. The molecule has 0 unspecified atom stereocenters. The molecule has 0 saturated carbocycles. The van der Waals surface area contributed by atoms with E-state index in [0.717, 1.165) is 49.8 Å². The Morgan fingerprint density at radius 3 is 2.96 bits per heavy atom. The maximum Gasteiger partial charge on any atom is 0.262 e. The number of fused-ring (bicyclic) bond motifs is 2. The number of rotatable bonds is 4. The van der Waals surface area contributed by atoms with Gasteiger partial charge < -0.3 is 4.74 Å². The van der Waals surface area contributed by atoms with E-state index in [0.29, 0.717) is 13.2 Å². The molecule has 0 amide bonds. The van der Waals surface area contributed by atoms with Gasteiger partial charge in [0.05, 0.1) is 5.39 Å². The van der Waals surface area contributed by atoms with Crippen LogP contribution in [0.5, 0.6) is 5.75 Å². The number of hydrogen-bond acceptors (Lipinski definition) is 4. The molecule has 0 N–H and O–H groups in total. The van der Waals surface area contributed by atoms with Gasteiger partial charge in [-0.05, 0) is 43.5 Å². The third-order valence-corrected chi connectivity index (χ3v) is 5.89. The first-order valence-corrected chi connectivity index (χ1v) is 9.46. The average Bonchev–Trinajstić information content (AvgIpc) is 3.16. The van der Waals surface area contributed by atoms with Gasteiger partial charge in [0.1, 0.15) is 23.0 Å². The molecule has 0 fully saturated rings. The minimum Gasteiger partial charge on any atom is -0.489 e. The molecule has 0 aliphatic carbocycles. The number of benzene rings is 1. The number of ether oxygens (including phenoxy) is 1. The van der Waals surface area contributed by atoms with Gasteiger partial charge in [-0.3, -0.25) is 9.36 Å². The summed E-state index contributed by atoms with van der Waals surface area (Å²) in [5.74, 6) is 1.59. The van der Waals surface area contributed by atoms with Crippen LogP contribution in [0.15, 0.2) is 41.7 Å². The number of allylic oxidation sites excluding steroid dienone is 1. The van der Waals surface area contributed by atoms with Gasteiger partial charge in [0.2, 0.25) is 0 Å². The monoisotopic (exact) mass is 364 g/mol. The summed E-state index contributed by atoms with van der Waals surface area (Å²) in [5, 5.41) is 0.771. The highest BCUT2D eigenvalue weighted by Crippen LogP contribution is 2.33. The van der Waals surface area contributed by atoms with E-state index >= 15 is 0 Å². The zero-order valence-electron chi connectivity index (χ0n) is 14.9. The van der Waals surface area contributed by atoms with Crippen LogP contribution in [-0.2, 0) is 6.54 Å². The van der Waals surface area contributed by atoms with E-state index in [4.69, 9.17) is 9.72 Å². The molecule has 1 aliphatic rings. The highest BCUT2D eigenvalue weighted by atomic mass is 32.1. The largest absolute Gasteiger partial charge is 0.489 e. The maximum absolute atomic E-state index is 12.9. The van der Waals surface area contributed by atoms with Gasteiger partial charge in [0.25, 0.3) is 5.56 Å². The van der Waals surface area contributed by atoms with Gasteiger partial charge in [-0.2, -0.15) is 0 Å². The molecule has 26 heavy (non-hydrogen) atoms. The summed E-state index contributed by atoms with van der Waals surface area (Å²) in [6, 6.07) is 7.90. The SMILES string of the molecule is C=CCOc1ccccc1/C=C1/CCn2c1nc1sc(C)c(C)c1c2=O. The molecular weight excluding hydrogens is 344 g/mol. The first-order chi connectivity index (χ1) is 12.6. The predicted molar refractivity (Wildman–Crippen MR) is 108 cm³/mol. The third kappa shape index (κ3) is 2.69. The van der Waals surface area contributed by atoms with Crippen LogP contribution in [0.3, 0.4) is 0 Å². The lowest BCUT2D eigenvalue weighted by molar-refractivity contribution is 0.362. The van der Waals surface area contributed by atoms with Crippen molar-refractivity contribution in [1.82, 2.24) is 9.55 Å². The van der Waals surface area contributed by atoms with Gasteiger partial charge in [-0.1, -0.05) is 30.9 Å². The average molecular weight is 364 g/mol. The molecule has 0 radical (unpaired) electrons. The normalized spacial score (nSPS) is 14.8.